The molecule has 3 unspecified atom stereocenters. The first kappa shape index (κ1) is 8.55. The highest BCUT2D eigenvalue weighted by atomic mass is 14.7. The summed E-state index contributed by atoms with van der Waals surface area (Å²) in [7, 11) is 0. The lowest BCUT2D eigenvalue weighted by Crippen LogP contribution is -2.39. The van der Waals surface area contributed by atoms with Gasteiger partial charge < -0.3 is 5.73 Å². The molecule has 1 nitrogen and oxygen atoms in total. The molecule has 3 atom stereocenters. The molecule has 0 aromatic carbocycles. The molecule has 0 heterocycles. The van der Waals surface area contributed by atoms with Crippen molar-refractivity contribution in [1.82, 2.24) is 0 Å². The monoisotopic (exact) mass is 167 g/mol. The minimum atomic E-state index is 0.545. The van der Waals surface area contributed by atoms with E-state index in [2.05, 4.69) is 6.92 Å². The topological polar surface area (TPSA) is 26.0 Å². The third kappa shape index (κ3) is 1.52. The minimum Gasteiger partial charge on any atom is -0.327 e. The Balaban J connectivity index is 1.83. The van der Waals surface area contributed by atoms with Gasteiger partial charge in [0.1, 0.15) is 0 Å². The van der Waals surface area contributed by atoms with Crippen molar-refractivity contribution in [2.75, 3.05) is 0 Å². The normalized spacial score (nSPS) is 39.5. The maximum Gasteiger partial charge on any atom is 0.00957 e. The molecule has 0 amide bonds. The number of hydrogen-bond donors (Lipinski definition) is 1. The molecule has 2 N–H and O–H groups in total. The first-order valence-electron chi connectivity index (χ1n) is 5.53. The first-order valence-corrected chi connectivity index (χ1v) is 5.53. The number of nitrogens with two attached hydrogens (primary N) is 1. The Hall–Kier alpha value is -0.0400. The van der Waals surface area contributed by atoms with Crippen LogP contribution in [0.4, 0.5) is 0 Å². The standard InChI is InChI=1S/C11H21N/c1-8-5-6-10(7-8)11(12)9-3-2-4-9/h8-11H,2-7,12H2,1H3. The molecule has 0 radical (unpaired) electrons. The van der Waals surface area contributed by atoms with Crippen LogP contribution < -0.4 is 5.73 Å². The Bertz CT molecular complexity index is 151. The van der Waals surface area contributed by atoms with Crippen molar-refractivity contribution in [1.29, 1.82) is 0 Å². The highest BCUT2D eigenvalue weighted by Crippen LogP contribution is 2.39. The van der Waals surface area contributed by atoms with Crippen molar-refractivity contribution in [3.8, 4) is 0 Å². The number of rotatable bonds is 2. The van der Waals surface area contributed by atoms with Gasteiger partial charge in [0.2, 0.25) is 0 Å². The second-order valence-corrected chi connectivity index (χ2v) is 4.95. The predicted molar refractivity (Wildman–Crippen MR) is 51.8 cm³/mol. The molecule has 0 spiro atoms. The molecular formula is C11H21N. The Morgan fingerprint density at radius 2 is 1.83 bits per heavy atom. The highest BCUT2D eigenvalue weighted by Gasteiger charge is 2.33. The molecule has 2 fully saturated rings. The quantitative estimate of drug-likeness (QED) is 0.672. The van der Waals surface area contributed by atoms with E-state index < -0.39 is 0 Å². The van der Waals surface area contributed by atoms with Crippen LogP contribution in [0.1, 0.15) is 45.4 Å². The highest BCUT2D eigenvalue weighted by molar-refractivity contribution is 4.88. The van der Waals surface area contributed by atoms with Gasteiger partial charge in [0.05, 0.1) is 0 Å². The zero-order valence-corrected chi connectivity index (χ0v) is 8.13. The lowest BCUT2D eigenvalue weighted by molar-refractivity contribution is 0.207. The van der Waals surface area contributed by atoms with Gasteiger partial charge >= 0.3 is 0 Å². The van der Waals surface area contributed by atoms with Gasteiger partial charge in [-0.3, -0.25) is 0 Å². The number of hydrogen-bond acceptors (Lipinski definition) is 1. The molecule has 0 aliphatic heterocycles. The minimum absolute atomic E-state index is 0.545. The molecule has 1 heteroatoms. The molecule has 2 rings (SSSR count). The fourth-order valence-corrected chi connectivity index (χ4v) is 2.81. The van der Waals surface area contributed by atoms with Crippen molar-refractivity contribution < 1.29 is 0 Å². The molecule has 0 bridgehead atoms. The van der Waals surface area contributed by atoms with Crippen LogP contribution in [0.3, 0.4) is 0 Å². The molecule has 2 aliphatic carbocycles. The summed E-state index contributed by atoms with van der Waals surface area (Å²) >= 11 is 0. The second kappa shape index (κ2) is 3.37. The molecule has 70 valence electrons. The summed E-state index contributed by atoms with van der Waals surface area (Å²) in [6, 6.07) is 0.545. The molecule has 2 aliphatic rings. The van der Waals surface area contributed by atoms with Crippen molar-refractivity contribution in [2.45, 2.75) is 51.5 Å². The summed E-state index contributed by atoms with van der Waals surface area (Å²) in [4.78, 5) is 0. The predicted octanol–water partition coefficient (Wildman–Crippen LogP) is 2.55. The van der Waals surface area contributed by atoms with E-state index in [1.54, 1.807) is 0 Å². The van der Waals surface area contributed by atoms with E-state index in [-0.39, 0.29) is 0 Å². The van der Waals surface area contributed by atoms with Crippen LogP contribution in [0, 0.1) is 17.8 Å². The lowest BCUT2D eigenvalue weighted by Gasteiger charge is -2.34. The van der Waals surface area contributed by atoms with E-state index in [4.69, 9.17) is 5.73 Å². The fourth-order valence-electron chi connectivity index (χ4n) is 2.81. The van der Waals surface area contributed by atoms with Crippen LogP contribution in [-0.2, 0) is 0 Å². The fraction of sp³-hybridized carbons (Fsp3) is 1.00. The Morgan fingerprint density at radius 1 is 1.08 bits per heavy atom. The Labute approximate surface area is 75.7 Å². The van der Waals surface area contributed by atoms with Crippen LogP contribution >= 0.6 is 0 Å². The molecular weight excluding hydrogens is 146 g/mol. The molecule has 0 saturated heterocycles. The van der Waals surface area contributed by atoms with Crippen LogP contribution in [-0.4, -0.2) is 6.04 Å². The molecule has 2 saturated carbocycles. The van der Waals surface area contributed by atoms with Gasteiger partial charge in [0, 0.05) is 6.04 Å². The summed E-state index contributed by atoms with van der Waals surface area (Å²) in [6.07, 6.45) is 8.47. The summed E-state index contributed by atoms with van der Waals surface area (Å²) in [5, 5.41) is 0. The van der Waals surface area contributed by atoms with Crippen molar-refractivity contribution in [2.24, 2.45) is 23.5 Å². The molecule has 0 aromatic rings. The van der Waals surface area contributed by atoms with E-state index in [1.165, 1.54) is 38.5 Å². The summed E-state index contributed by atoms with van der Waals surface area (Å²) in [5.74, 6) is 2.70. The second-order valence-electron chi connectivity index (χ2n) is 4.95. The van der Waals surface area contributed by atoms with Gasteiger partial charge in [0.25, 0.3) is 0 Å². The maximum absolute atomic E-state index is 6.25. The van der Waals surface area contributed by atoms with Gasteiger partial charge in [-0.15, -0.1) is 0 Å². The van der Waals surface area contributed by atoms with Gasteiger partial charge in [-0.05, 0) is 43.4 Å². The smallest absolute Gasteiger partial charge is 0.00957 e. The molecule has 12 heavy (non-hydrogen) atoms. The van der Waals surface area contributed by atoms with Crippen molar-refractivity contribution in [3.05, 3.63) is 0 Å². The van der Waals surface area contributed by atoms with E-state index in [9.17, 15) is 0 Å². The molecule has 0 aromatic heterocycles. The summed E-state index contributed by atoms with van der Waals surface area (Å²) in [5.41, 5.74) is 6.25. The van der Waals surface area contributed by atoms with Crippen LogP contribution in [0.5, 0.6) is 0 Å². The van der Waals surface area contributed by atoms with Crippen LogP contribution in [0.2, 0.25) is 0 Å². The SMILES string of the molecule is CC1CCC(C(N)C2CCC2)C1. The van der Waals surface area contributed by atoms with Crippen LogP contribution in [0.15, 0.2) is 0 Å². The first-order chi connectivity index (χ1) is 5.77. The average molecular weight is 167 g/mol. The van der Waals surface area contributed by atoms with Gasteiger partial charge in [-0.25, -0.2) is 0 Å². The van der Waals surface area contributed by atoms with E-state index in [0.29, 0.717) is 6.04 Å². The van der Waals surface area contributed by atoms with Crippen LogP contribution in [0.25, 0.3) is 0 Å². The third-order valence-electron chi connectivity index (χ3n) is 3.97. The average Bonchev–Trinajstić information content (AvgIpc) is 2.31. The summed E-state index contributed by atoms with van der Waals surface area (Å²) in [6.45, 7) is 2.37. The largest absolute Gasteiger partial charge is 0.327 e. The van der Waals surface area contributed by atoms with Gasteiger partial charge in [-0.2, -0.15) is 0 Å². The Morgan fingerprint density at radius 3 is 2.25 bits per heavy atom. The van der Waals surface area contributed by atoms with Crippen molar-refractivity contribution >= 4 is 0 Å². The zero-order chi connectivity index (χ0) is 8.55. The van der Waals surface area contributed by atoms with Gasteiger partial charge in [-0.1, -0.05) is 19.8 Å². The Kier molecular flexibility index (Phi) is 2.40. The van der Waals surface area contributed by atoms with Gasteiger partial charge in [0.15, 0.2) is 0 Å². The lowest BCUT2D eigenvalue weighted by atomic mass is 9.75. The summed E-state index contributed by atoms with van der Waals surface area (Å²) < 4.78 is 0. The zero-order valence-electron chi connectivity index (χ0n) is 8.13. The third-order valence-corrected chi connectivity index (χ3v) is 3.97. The van der Waals surface area contributed by atoms with Crippen molar-refractivity contribution in [3.63, 3.8) is 0 Å². The van der Waals surface area contributed by atoms with E-state index >= 15 is 0 Å². The van der Waals surface area contributed by atoms with E-state index in [1.807, 2.05) is 0 Å². The van der Waals surface area contributed by atoms with E-state index in [0.717, 1.165) is 17.8 Å². The maximum atomic E-state index is 6.25.